The second-order valence-corrected chi connectivity index (χ2v) is 7.26. The van der Waals surface area contributed by atoms with Crippen molar-refractivity contribution in [3.63, 3.8) is 0 Å². The average Bonchev–Trinajstić information content (AvgIpc) is 3.12. The van der Waals surface area contributed by atoms with Gasteiger partial charge in [0, 0.05) is 11.8 Å². The zero-order valence-electron chi connectivity index (χ0n) is 16.0. The van der Waals surface area contributed by atoms with Crippen LogP contribution in [0.3, 0.4) is 0 Å². The van der Waals surface area contributed by atoms with Crippen molar-refractivity contribution in [2.75, 3.05) is 5.43 Å². The maximum absolute atomic E-state index is 14.8. The molecule has 0 spiro atoms. The largest absolute Gasteiger partial charge is 0.321 e. The van der Waals surface area contributed by atoms with Gasteiger partial charge in [0.25, 0.3) is 5.56 Å². The SMILES string of the molecule is CC1NNc2cc(-c3cc(F)c(Cn4cnc5cccnc5c4=O)c(F)c3)ccc21. The van der Waals surface area contributed by atoms with Crippen LogP contribution >= 0.6 is 0 Å². The molecule has 2 aromatic heterocycles. The van der Waals surface area contributed by atoms with Crippen LogP contribution in [0.15, 0.2) is 59.8 Å². The number of hydrogen-bond acceptors (Lipinski definition) is 5. The Balaban J connectivity index is 1.51. The predicted octanol–water partition coefficient (Wildman–Crippen LogP) is 3.78. The van der Waals surface area contributed by atoms with Gasteiger partial charge in [0.2, 0.25) is 0 Å². The molecule has 0 aliphatic carbocycles. The minimum Gasteiger partial charge on any atom is -0.321 e. The minimum absolute atomic E-state index is 0.158. The molecule has 2 aromatic carbocycles. The van der Waals surface area contributed by atoms with Crippen LogP contribution in [-0.2, 0) is 6.54 Å². The van der Waals surface area contributed by atoms with E-state index in [9.17, 15) is 13.6 Å². The summed E-state index contributed by atoms with van der Waals surface area (Å²) >= 11 is 0. The number of pyridine rings is 1. The molecule has 2 N–H and O–H groups in total. The normalized spacial score (nSPS) is 15.2. The first-order valence-electron chi connectivity index (χ1n) is 9.45. The number of halogens is 2. The van der Waals surface area contributed by atoms with Crippen molar-refractivity contribution < 1.29 is 8.78 Å². The van der Waals surface area contributed by atoms with E-state index >= 15 is 0 Å². The summed E-state index contributed by atoms with van der Waals surface area (Å²) in [7, 11) is 0. The molecule has 0 bridgehead atoms. The molecule has 0 saturated carbocycles. The van der Waals surface area contributed by atoms with Gasteiger partial charge in [0.05, 0.1) is 30.1 Å². The molecular weight excluding hydrogens is 388 g/mol. The second kappa shape index (κ2) is 7.00. The van der Waals surface area contributed by atoms with Gasteiger partial charge in [-0.1, -0.05) is 12.1 Å². The fourth-order valence-electron chi connectivity index (χ4n) is 3.68. The lowest BCUT2D eigenvalue weighted by Gasteiger charge is -2.11. The Kier molecular flexibility index (Phi) is 4.29. The Morgan fingerprint density at radius 1 is 1.07 bits per heavy atom. The molecule has 0 saturated heterocycles. The number of fused-ring (bicyclic) bond motifs is 2. The van der Waals surface area contributed by atoms with E-state index in [0.717, 1.165) is 15.8 Å². The Morgan fingerprint density at radius 2 is 1.87 bits per heavy atom. The van der Waals surface area contributed by atoms with Crippen LogP contribution in [0, 0.1) is 11.6 Å². The molecule has 4 aromatic rings. The molecule has 1 aliphatic rings. The van der Waals surface area contributed by atoms with E-state index < -0.39 is 17.2 Å². The highest BCUT2D eigenvalue weighted by molar-refractivity contribution is 5.73. The molecule has 6 nitrogen and oxygen atoms in total. The van der Waals surface area contributed by atoms with E-state index in [1.165, 1.54) is 24.7 Å². The molecule has 30 heavy (non-hydrogen) atoms. The van der Waals surface area contributed by atoms with Crippen LogP contribution < -0.4 is 16.4 Å². The van der Waals surface area contributed by atoms with Crippen molar-refractivity contribution >= 4 is 16.7 Å². The summed E-state index contributed by atoms with van der Waals surface area (Å²) in [6.45, 7) is 1.75. The van der Waals surface area contributed by atoms with Crippen LogP contribution in [-0.4, -0.2) is 14.5 Å². The Hall–Kier alpha value is -3.65. The van der Waals surface area contributed by atoms with Crippen molar-refractivity contribution in [1.82, 2.24) is 20.0 Å². The zero-order valence-corrected chi connectivity index (χ0v) is 16.0. The summed E-state index contributed by atoms with van der Waals surface area (Å²) < 4.78 is 30.8. The van der Waals surface area contributed by atoms with Crippen molar-refractivity contribution in [2.45, 2.75) is 19.5 Å². The van der Waals surface area contributed by atoms with Gasteiger partial charge in [-0.05, 0) is 53.9 Å². The molecule has 0 radical (unpaired) electrons. The van der Waals surface area contributed by atoms with Gasteiger partial charge in [-0.3, -0.25) is 9.36 Å². The zero-order chi connectivity index (χ0) is 20.8. The van der Waals surface area contributed by atoms with E-state index in [-0.39, 0.29) is 23.7 Å². The van der Waals surface area contributed by atoms with Crippen LogP contribution in [0.1, 0.15) is 24.1 Å². The molecular formula is C22H17F2N5O. The third kappa shape index (κ3) is 3.02. The van der Waals surface area contributed by atoms with E-state index in [1.54, 1.807) is 12.1 Å². The Bertz CT molecular complexity index is 1330. The molecule has 0 amide bonds. The van der Waals surface area contributed by atoms with Gasteiger partial charge in [-0.25, -0.2) is 24.2 Å². The first-order chi connectivity index (χ1) is 14.5. The van der Waals surface area contributed by atoms with Crippen molar-refractivity contribution in [3.05, 3.63) is 88.1 Å². The lowest BCUT2D eigenvalue weighted by atomic mass is 9.99. The van der Waals surface area contributed by atoms with Gasteiger partial charge >= 0.3 is 0 Å². The molecule has 3 heterocycles. The third-order valence-corrected chi connectivity index (χ3v) is 5.33. The number of benzene rings is 2. The van der Waals surface area contributed by atoms with Crippen LogP contribution in [0.5, 0.6) is 0 Å². The monoisotopic (exact) mass is 405 g/mol. The average molecular weight is 405 g/mol. The second-order valence-electron chi connectivity index (χ2n) is 7.26. The Morgan fingerprint density at radius 3 is 2.67 bits per heavy atom. The van der Waals surface area contributed by atoms with Gasteiger partial charge in [-0.2, -0.15) is 0 Å². The summed E-state index contributed by atoms with van der Waals surface area (Å²) in [5, 5.41) is 0. The highest BCUT2D eigenvalue weighted by Gasteiger charge is 2.19. The van der Waals surface area contributed by atoms with E-state index in [4.69, 9.17) is 0 Å². The number of hydrazine groups is 1. The summed E-state index contributed by atoms with van der Waals surface area (Å²) in [4.78, 5) is 20.7. The number of aromatic nitrogens is 3. The maximum Gasteiger partial charge on any atom is 0.280 e. The molecule has 1 aliphatic heterocycles. The highest BCUT2D eigenvalue weighted by atomic mass is 19.1. The molecule has 0 fully saturated rings. The summed E-state index contributed by atoms with van der Waals surface area (Å²) in [5.74, 6) is -1.45. The Labute approximate surface area is 170 Å². The minimum atomic E-state index is -0.724. The summed E-state index contributed by atoms with van der Waals surface area (Å²) in [5.41, 5.74) is 9.19. The molecule has 8 heteroatoms. The number of hydrogen-bond donors (Lipinski definition) is 2. The fourth-order valence-corrected chi connectivity index (χ4v) is 3.68. The topological polar surface area (TPSA) is 71.8 Å². The predicted molar refractivity (Wildman–Crippen MR) is 110 cm³/mol. The van der Waals surface area contributed by atoms with Gasteiger partial charge in [0.1, 0.15) is 11.6 Å². The number of nitrogens with one attached hydrogen (secondary N) is 2. The van der Waals surface area contributed by atoms with Gasteiger partial charge < -0.3 is 5.43 Å². The van der Waals surface area contributed by atoms with E-state index in [1.807, 2.05) is 25.1 Å². The smallest absolute Gasteiger partial charge is 0.280 e. The van der Waals surface area contributed by atoms with Crippen LogP contribution in [0.4, 0.5) is 14.5 Å². The summed E-state index contributed by atoms with van der Waals surface area (Å²) in [6.07, 6.45) is 2.76. The first-order valence-corrected chi connectivity index (χ1v) is 9.45. The van der Waals surface area contributed by atoms with Crippen molar-refractivity contribution in [3.8, 4) is 11.1 Å². The highest BCUT2D eigenvalue weighted by Crippen LogP contribution is 2.33. The molecule has 1 atom stereocenters. The molecule has 1 unspecified atom stereocenters. The van der Waals surface area contributed by atoms with Gasteiger partial charge in [0.15, 0.2) is 5.52 Å². The lowest BCUT2D eigenvalue weighted by Crippen LogP contribution is -2.23. The summed E-state index contributed by atoms with van der Waals surface area (Å²) in [6, 6.07) is 11.7. The van der Waals surface area contributed by atoms with Crippen LogP contribution in [0.25, 0.3) is 22.2 Å². The van der Waals surface area contributed by atoms with Crippen molar-refractivity contribution in [2.24, 2.45) is 0 Å². The van der Waals surface area contributed by atoms with Crippen LogP contribution in [0.2, 0.25) is 0 Å². The number of rotatable bonds is 3. The maximum atomic E-state index is 14.8. The van der Waals surface area contributed by atoms with E-state index in [0.29, 0.717) is 16.6 Å². The number of anilines is 1. The fraction of sp³-hybridized carbons (Fsp3) is 0.136. The molecule has 5 rings (SSSR count). The quantitative estimate of drug-likeness (QED) is 0.543. The number of nitrogens with zero attached hydrogens (tertiary/aromatic N) is 3. The first kappa shape index (κ1) is 18.4. The van der Waals surface area contributed by atoms with Gasteiger partial charge in [-0.15, -0.1) is 0 Å². The standard InChI is InChI=1S/C22H17F2N5O/c1-12-15-5-4-13(9-20(15)28-27-12)14-7-17(23)16(18(24)8-14)10-29-11-26-19-3-2-6-25-21(19)22(29)30/h2-9,11-12,27-28H,10H2,1H3. The van der Waals surface area contributed by atoms with Crippen molar-refractivity contribution in [1.29, 1.82) is 0 Å². The third-order valence-electron chi connectivity index (χ3n) is 5.33. The molecule has 150 valence electrons. The van der Waals surface area contributed by atoms with E-state index in [2.05, 4.69) is 20.8 Å². The lowest BCUT2D eigenvalue weighted by molar-refractivity contribution is 0.541.